The van der Waals surface area contributed by atoms with Crippen LogP contribution in [0, 0.1) is 0 Å². The fraction of sp³-hybridized carbons (Fsp3) is 0.409. The molecule has 1 aliphatic rings. The van der Waals surface area contributed by atoms with Crippen molar-refractivity contribution in [2.24, 2.45) is 4.99 Å². The second kappa shape index (κ2) is 10.6. The molecule has 2 aromatic carbocycles. The van der Waals surface area contributed by atoms with Crippen LogP contribution in [0.4, 0.5) is 5.69 Å². The fourth-order valence-corrected chi connectivity index (χ4v) is 2.93. The maximum Gasteiger partial charge on any atom is 0.195 e. The van der Waals surface area contributed by atoms with Crippen molar-refractivity contribution in [2.45, 2.75) is 32.9 Å². The van der Waals surface area contributed by atoms with Crippen LogP contribution in [-0.2, 0) is 17.9 Å². The summed E-state index contributed by atoms with van der Waals surface area (Å²) >= 11 is 0. The van der Waals surface area contributed by atoms with Crippen molar-refractivity contribution in [2.75, 3.05) is 32.2 Å². The molecule has 0 spiro atoms. The van der Waals surface area contributed by atoms with Gasteiger partial charge in [0.2, 0.25) is 0 Å². The first-order chi connectivity index (χ1) is 13.8. The number of hydrogen-bond acceptors (Lipinski definition) is 4. The second-order valence-corrected chi connectivity index (χ2v) is 6.58. The van der Waals surface area contributed by atoms with Crippen molar-refractivity contribution in [1.82, 2.24) is 5.32 Å². The SMILES string of the molecule is CCCOCc1ccccc1CNC(=NC)Nc1ccc2c(c1)OCCCO2. The molecule has 0 fully saturated rings. The Morgan fingerprint density at radius 1 is 1.07 bits per heavy atom. The fourth-order valence-electron chi connectivity index (χ4n) is 2.93. The summed E-state index contributed by atoms with van der Waals surface area (Å²) in [6, 6.07) is 14.1. The third-order valence-electron chi connectivity index (χ3n) is 4.40. The molecule has 28 heavy (non-hydrogen) atoms. The Bertz CT molecular complexity index is 792. The summed E-state index contributed by atoms with van der Waals surface area (Å²) in [4.78, 5) is 4.33. The zero-order valence-corrected chi connectivity index (χ0v) is 16.7. The number of fused-ring (bicyclic) bond motifs is 1. The van der Waals surface area contributed by atoms with E-state index in [1.54, 1.807) is 7.05 Å². The lowest BCUT2D eigenvalue weighted by atomic mass is 10.1. The molecule has 0 amide bonds. The Labute approximate surface area is 166 Å². The van der Waals surface area contributed by atoms with Crippen LogP contribution in [0.1, 0.15) is 30.9 Å². The summed E-state index contributed by atoms with van der Waals surface area (Å²) in [6.45, 7) is 5.53. The summed E-state index contributed by atoms with van der Waals surface area (Å²) in [7, 11) is 1.76. The van der Waals surface area contributed by atoms with Crippen molar-refractivity contribution in [3.8, 4) is 11.5 Å². The van der Waals surface area contributed by atoms with Gasteiger partial charge in [0.1, 0.15) is 0 Å². The molecule has 0 atom stereocenters. The molecule has 0 saturated carbocycles. The van der Waals surface area contributed by atoms with E-state index in [0.29, 0.717) is 32.3 Å². The largest absolute Gasteiger partial charge is 0.490 e. The smallest absolute Gasteiger partial charge is 0.195 e. The molecule has 0 aromatic heterocycles. The minimum absolute atomic E-state index is 0.625. The van der Waals surface area contributed by atoms with Crippen LogP contribution in [0.5, 0.6) is 11.5 Å². The minimum atomic E-state index is 0.625. The number of hydrogen-bond donors (Lipinski definition) is 2. The van der Waals surface area contributed by atoms with Gasteiger partial charge in [-0.25, -0.2) is 0 Å². The molecule has 6 heteroatoms. The summed E-state index contributed by atoms with van der Waals surface area (Å²) in [6.07, 6.45) is 1.91. The third kappa shape index (κ3) is 5.63. The van der Waals surface area contributed by atoms with Gasteiger partial charge in [0, 0.05) is 38.4 Å². The van der Waals surface area contributed by atoms with Gasteiger partial charge >= 0.3 is 0 Å². The highest BCUT2D eigenvalue weighted by Crippen LogP contribution is 2.32. The number of anilines is 1. The Balaban J connectivity index is 1.61. The molecule has 2 aromatic rings. The monoisotopic (exact) mass is 383 g/mol. The predicted molar refractivity (Wildman–Crippen MR) is 112 cm³/mol. The first-order valence-electron chi connectivity index (χ1n) is 9.82. The molecule has 0 unspecified atom stereocenters. The summed E-state index contributed by atoms with van der Waals surface area (Å²) in [5.74, 6) is 2.24. The standard InChI is InChI=1S/C22H29N3O3/c1-3-11-26-16-18-8-5-4-7-17(18)15-24-22(23-2)25-19-9-10-20-21(14-19)28-13-6-12-27-20/h4-5,7-10,14H,3,6,11-13,15-16H2,1-2H3,(H2,23,24,25). The summed E-state index contributed by atoms with van der Waals surface area (Å²) < 4.78 is 17.1. The van der Waals surface area contributed by atoms with Crippen LogP contribution in [-0.4, -0.2) is 32.8 Å². The van der Waals surface area contributed by atoms with Crippen LogP contribution in [0.2, 0.25) is 0 Å². The number of ether oxygens (including phenoxy) is 3. The van der Waals surface area contributed by atoms with Gasteiger partial charge in [-0.1, -0.05) is 31.2 Å². The van der Waals surface area contributed by atoms with Crippen molar-refractivity contribution >= 4 is 11.6 Å². The Morgan fingerprint density at radius 3 is 2.64 bits per heavy atom. The van der Waals surface area contributed by atoms with E-state index in [-0.39, 0.29) is 0 Å². The predicted octanol–water partition coefficient (Wildman–Crippen LogP) is 3.96. The maximum atomic E-state index is 5.76. The zero-order chi connectivity index (χ0) is 19.6. The van der Waals surface area contributed by atoms with E-state index < -0.39 is 0 Å². The number of nitrogens with one attached hydrogen (secondary N) is 2. The Kier molecular flexibility index (Phi) is 7.55. The van der Waals surface area contributed by atoms with Gasteiger partial charge in [-0.3, -0.25) is 4.99 Å². The molecule has 0 aliphatic carbocycles. The van der Waals surface area contributed by atoms with Gasteiger partial charge in [-0.2, -0.15) is 0 Å². The Morgan fingerprint density at radius 2 is 1.86 bits per heavy atom. The zero-order valence-electron chi connectivity index (χ0n) is 16.7. The van der Waals surface area contributed by atoms with Crippen LogP contribution < -0.4 is 20.1 Å². The summed E-state index contributed by atoms with van der Waals surface area (Å²) in [5, 5.41) is 6.68. The first-order valence-corrected chi connectivity index (χ1v) is 9.82. The number of aliphatic imine (C=N–C) groups is 1. The van der Waals surface area contributed by atoms with Crippen molar-refractivity contribution < 1.29 is 14.2 Å². The molecular formula is C22H29N3O3. The van der Waals surface area contributed by atoms with Crippen LogP contribution in [0.15, 0.2) is 47.5 Å². The average molecular weight is 383 g/mol. The average Bonchev–Trinajstić information content (AvgIpc) is 2.97. The highest BCUT2D eigenvalue weighted by molar-refractivity contribution is 5.93. The van der Waals surface area contributed by atoms with Crippen molar-refractivity contribution in [1.29, 1.82) is 0 Å². The second-order valence-electron chi connectivity index (χ2n) is 6.58. The van der Waals surface area contributed by atoms with Gasteiger partial charge in [-0.15, -0.1) is 0 Å². The van der Waals surface area contributed by atoms with Gasteiger partial charge in [-0.05, 0) is 29.7 Å². The summed E-state index contributed by atoms with van der Waals surface area (Å²) in [5.41, 5.74) is 3.28. The van der Waals surface area contributed by atoms with Crippen LogP contribution in [0.3, 0.4) is 0 Å². The highest BCUT2D eigenvalue weighted by Gasteiger charge is 2.11. The molecule has 1 aliphatic heterocycles. The van der Waals surface area contributed by atoms with E-state index in [2.05, 4.69) is 34.7 Å². The topological polar surface area (TPSA) is 64.1 Å². The van der Waals surface area contributed by atoms with E-state index in [1.165, 1.54) is 11.1 Å². The van der Waals surface area contributed by atoms with Gasteiger partial charge in [0.05, 0.1) is 19.8 Å². The van der Waals surface area contributed by atoms with Gasteiger partial charge in [0.25, 0.3) is 0 Å². The normalized spacial score (nSPS) is 13.7. The molecule has 2 N–H and O–H groups in total. The highest BCUT2D eigenvalue weighted by atomic mass is 16.5. The molecule has 1 heterocycles. The Hall–Kier alpha value is -2.73. The van der Waals surface area contributed by atoms with Crippen molar-refractivity contribution in [3.05, 3.63) is 53.6 Å². The van der Waals surface area contributed by atoms with Crippen LogP contribution in [0.25, 0.3) is 0 Å². The van der Waals surface area contributed by atoms with E-state index >= 15 is 0 Å². The van der Waals surface area contributed by atoms with Gasteiger partial charge < -0.3 is 24.8 Å². The molecular weight excluding hydrogens is 354 g/mol. The van der Waals surface area contributed by atoms with E-state index in [9.17, 15) is 0 Å². The lowest BCUT2D eigenvalue weighted by Gasteiger charge is -2.15. The quantitative estimate of drug-likeness (QED) is 0.430. The number of guanidine groups is 1. The van der Waals surface area contributed by atoms with E-state index in [4.69, 9.17) is 14.2 Å². The lowest BCUT2D eigenvalue weighted by Crippen LogP contribution is -2.30. The third-order valence-corrected chi connectivity index (χ3v) is 4.40. The molecule has 0 radical (unpaired) electrons. The first kappa shape index (κ1) is 20.0. The lowest BCUT2D eigenvalue weighted by molar-refractivity contribution is 0.121. The molecule has 3 rings (SSSR count). The van der Waals surface area contributed by atoms with Gasteiger partial charge in [0.15, 0.2) is 17.5 Å². The van der Waals surface area contributed by atoms with E-state index in [0.717, 1.165) is 36.6 Å². The molecule has 150 valence electrons. The van der Waals surface area contributed by atoms with Crippen LogP contribution >= 0.6 is 0 Å². The van der Waals surface area contributed by atoms with Crippen molar-refractivity contribution in [3.63, 3.8) is 0 Å². The molecule has 0 bridgehead atoms. The molecule has 6 nitrogen and oxygen atoms in total. The van der Waals surface area contributed by atoms with E-state index in [1.807, 2.05) is 30.3 Å². The number of benzene rings is 2. The number of rotatable bonds is 7. The molecule has 0 saturated heterocycles. The minimum Gasteiger partial charge on any atom is -0.490 e. The maximum absolute atomic E-state index is 5.76. The number of nitrogens with zero attached hydrogens (tertiary/aromatic N) is 1.